The van der Waals surface area contributed by atoms with E-state index in [1.165, 1.54) is 36.3 Å². The minimum Gasteiger partial charge on any atom is -0.419 e. The highest BCUT2D eigenvalue weighted by atomic mass is 32.2. The van der Waals surface area contributed by atoms with Gasteiger partial charge in [0.05, 0.1) is 5.25 Å². The third-order valence-electron chi connectivity index (χ3n) is 5.75. The molecule has 1 fully saturated rings. The van der Waals surface area contributed by atoms with Crippen LogP contribution in [0.25, 0.3) is 11.5 Å². The van der Waals surface area contributed by atoms with Gasteiger partial charge in [0.2, 0.25) is 11.8 Å². The average Bonchev–Trinajstić information content (AvgIpc) is 3.57. The monoisotopic (exact) mass is 469 g/mol. The van der Waals surface area contributed by atoms with E-state index < -0.39 is 0 Å². The summed E-state index contributed by atoms with van der Waals surface area (Å²) in [6.45, 7) is 2.03. The summed E-state index contributed by atoms with van der Waals surface area (Å²) in [6, 6.07) is 10.7. The molecule has 3 heterocycles. The van der Waals surface area contributed by atoms with E-state index in [0.29, 0.717) is 23.4 Å². The molecule has 1 aliphatic rings. The first kappa shape index (κ1) is 21.3. The van der Waals surface area contributed by atoms with Crippen molar-refractivity contribution in [1.82, 2.24) is 25.0 Å². The van der Waals surface area contributed by atoms with Crippen molar-refractivity contribution in [2.45, 2.75) is 61.9 Å². The maximum Gasteiger partial charge on any atom is 0.247 e. The molecule has 0 radical (unpaired) electrons. The van der Waals surface area contributed by atoms with Gasteiger partial charge < -0.3 is 8.98 Å². The number of hydrogen-bond donors (Lipinski definition) is 0. The van der Waals surface area contributed by atoms with Crippen molar-refractivity contribution in [2.75, 3.05) is 0 Å². The van der Waals surface area contributed by atoms with Gasteiger partial charge in [-0.25, -0.2) is 4.39 Å². The van der Waals surface area contributed by atoms with Crippen molar-refractivity contribution in [2.24, 2.45) is 0 Å². The smallest absolute Gasteiger partial charge is 0.247 e. The van der Waals surface area contributed by atoms with E-state index in [0.717, 1.165) is 30.2 Å². The van der Waals surface area contributed by atoms with Crippen LogP contribution in [0, 0.1) is 5.82 Å². The van der Waals surface area contributed by atoms with E-state index in [9.17, 15) is 4.39 Å². The highest BCUT2D eigenvalue weighted by molar-refractivity contribution is 7.99. The third kappa shape index (κ3) is 4.63. The van der Waals surface area contributed by atoms with Gasteiger partial charge in [-0.3, -0.25) is 0 Å². The molecule has 9 heteroatoms. The Labute approximate surface area is 194 Å². The molecule has 0 N–H and O–H groups in total. The summed E-state index contributed by atoms with van der Waals surface area (Å²) in [6.07, 6.45) is 6.90. The fourth-order valence-electron chi connectivity index (χ4n) is 4.10. The molecule has 6 nitrogen and oxygen atoms in total. The van der Waals surface area contributed by atoms with Gasteiger partial charge >= 0.3 is 0 Å². The molecule has 1 unspecified atom stereocenters. The maximum absolute atomic E-state index is 13.2. The SMILES string of the molecule is CC(Sc1nnc(Cc2cccs2)n1C1CCCCC1)c1nnc(-c2ccc(F)cc2)o1. The molecular weight excluding hydrogens is 445 g/mol. The summed E-state index contributed by atoms with van der Waals surface area (Å²) in [5, 5.41) is 20.4. The first-order chi connectivity index (χ1) is 15.7. The Morgan fingerprint density at radius 3 is 2.66 bits per heavy atom. The van der Waals surface area contributed by atoms with Crippen molar-refractivity contribution >= 4 is 23.1 Å². The zero-order valence-electron chi connectivity index (χ0n) is 17.8. The zero-order chi connectivity index (χ0) is 21.9. The number of benzene rings is 1. The summed E-state index contributed by atoms with van der Waals surface area (Å²) < 4.78 is 21.5. The van der Waals surface area contributed by atoms with Crippen LogP contribution < -0.4 is 0 Å². The fraction of sp³-hybridized carbons (Fsp3) is 0.391. The second kappa shape index (κ2) is 9.54. The van der Waals surface area contributed by atoms with E-state index in [1.807, 2.05) is 6.92 Å². The molecule has 3 aromatic heterocycles. The molecule has 0 saturated heterocycles. The summed E-state index contributed by atoms with van der Waals surface area (Å²) in [7, 11) is 0. The molecule has 166 valence electrons. The van der Waals surface area contributed by atoms with Crippen LogP contribution in [0.5, 0.6) is 0 Å². The molecular formula is C23H24FN5OS2. The molecule has 1 aromatic carbocycles. The van der Waals surface area contributed by atoms with Crippen LogP contribution >= 0.6 is 23.1 Å². The molecule has 4 aromatic rings. The number of thioether (sulfide) groups is 1. The Hall–Kier alpha value is -2.52. The Kier molecular flexibility index (Phi) is 6.36. The summed E-state index contributed by atoms with van der Waals surface area (Å²) in [5.74, 6) is 1.64. The van der Waals surface area contributed by atoms with Crippen molar-refractivity contribution in [3.05, 3.63) is 64.2 Å². The normalized spacial score (nSPS) is 15.8. The molecule has 0 bridgehead atoms. The minimum absolute atomic E-state index is 0.0853. The van der Waals surface area contributed by atoms with Gasteiger partial charge in [-0.1, -0.05) is 37.1 Å². The Bertz CT molecular complexity index is 1150. The summed E-state index contributed by atoms with van der Waals surface area (Å²) in [4.78, 5) is 1.29. The van der Waals surface area contributed by atoms with E-state index in [4.69, 9.17) is 4.42 Å². The second-order valence-corrected chi connectivity index (χ2v) is 10.4. The van der Waals surface area contributed by atoms with Crippen molar-refractivity contribution in [3.8, 4) is 11.5 Å². The van der Waals surface area contributed by atoms with E-state index in [2.05, 4.69) is 42.5 Å². The number of aromatic nitrogens is 5. The topological polar surface area (TPSA) is 69.6 Å². The standard InChI is InChI=1S/C23H24FN5OS2/c1-15(21-26-27-22(30-21)16-9-11-17(24)12-10-16)32-23-28-25-20(14-19-8-5-13-31-19)29(23)18-6-3-2-4-7-18/h5,8-13,15,18H,2-4,6-7,14H2,1H3. The number of thiophene rings is 1. The number of rotatable bonds is 7. The van der Waals surface area contributed by atoms with Crippen molar-refractivity contribution in [3.63, 3.8) is 0 Å². The highest BCUT2D eigenvalue weighted by Gasteiger charge is 2.26. The van der Waals surface area contributed by atoms with Crippen LogP contribution in [0.3, 0.4) is 0 Å². The first-order valence-corrected chi connectivity index (χ1v) is 12.7. The van der Waals surface area contributed by atoms with Gasteiger partial charge in [-0.15, -0.1) is 31.7 Å². The van der Waals surface area contributed by atoms with Gasteiger partial charge in [0.25, 0.3) is 0 Å². The molecule has 0 spiro atoms. The lowest BCUT2D eigenvalue weighted by molar-refractivity contribution is 0.330. The zero-order valence-corrected chi connectivity index (χ0v) is 19.4. The van der Waals surface area contributed by atoms with Gasteiger partial charge in [0.15, 0.2) is 5.16 Å². The van der Waals surface area contributed by atoms with Crippen molar-refractivity contribution in [1.29, 1.82) is 0 Å². The lowest BCUT2D eigenvalue weighted by Gasteiger charge is -2.26. The molecule has 1 aliphatic carbocycles. The van der Waals surface area contributed by atoms with Crippen LogP contribution in [0.15, 0.2) is 51.4 Å². The van der Waals surface area contributed by atoms with E-state index in [-0.39, 0.29) is 11.1 Å². The first-order valence-electron chi connectivity index (χ1n) is 10.9. The van der Waals surface area contributed by atoms with Gasteiger partial charge in [0.1, 0.15) is 11.6 Å². The molecule has 0 amide bonds. The lowest BCUT2D eigenvalue weighted by Crippen LogP contribution is -2.17. The number of hydrogen-bond acceptors (Lipinski definition) is 7. The Morgan fingerprint density at radius 2 is 1.91 bits per heavy atom. The molecule has 1 atom stereocenters. The van der Waals surface area contributed by atoms with Gasteiger partial charge in [-0.05, 0) is 55.5 Å². The molecule has 0 aliphatic heterocycles. The molecule has 32 heavy (non-hydrogen) atoms. The van der Waals surface area contributed by atoms with Gasteiger partial charge in [0, 0.05) is 22.9 Å². The minimum atomic E-state index is -0.294. The summed E-state index contributed by atoms with van der Waals surface area (Å²) >= 11 is 3.35. The summed E-state index contributed by atoms with van der Waals surface area (Å²) in [5.41, 5.74) is 0.700. The number of nitrogens with zero attached hydrogens (tertiary/aromatic N) is 5. The van der Waals surface area contributed by atoms with Crippen molar-refractivity contribution < 1.29 is 8.81 Å². The number of halogens is 1. The lowest BCUT2D eigenvalue weighted by atomic mass is 9.95. The van der Waals surface area contributed by atoms with Crippen LogP contribution in [-0.2, 0) is 6.42 Å². The second-order valence-electron chi connectivity index (χ2n) is 8.03. The van der Waals surface area contributed by atoms with Gasteiger partial charge in [-0.2, -0.15) is 0 Å². The predicted octanol–water partition coefficient (Wildman–Crippen LogP) is 6.48. The fourth-order valence-corrected chi connectivity index (χ4v) is 5.77. The Morgan fingerprint density at radius 1 is 1.09 bits per heavy atom. The predicted molar refractivity (Wildman–Crippen MR) is 123 cm³/mol. The van der Waals surface area contributed by atoms with Crippen LogP contribution in [0.4, 0.5) is 4.39 Å². The molecule has 1 saturated carbocycles. The average molecular weight is 470 g/mol. The highest BCUT2D eigenvalue weighted by Crippen LogP contribution is 2.39. The van der Waals surface area contributed by atoms with Crippen LogP contribution in [0.1, 0.15) is 66.9 Å². The Balaban J connectivity index is 1.38. The largest absolute Gasteiger partial charge is 0.419 e. The van der Waals surface area contributed by atoms with Crippen LogP contribution in [0.2, 0.25) is 0 Å². The quantitative estimate of drug-likeness (QED) is 0.289. The van der Waals surface area contributed by atoms with E-state index >= 15 is 0 Å². The van der Waals surface area contributed by atoms with Crippen LogP contribution in [-0.4, -0.2) is 25.0 Å². The third-order valence-corrected chi connectivity index (χ3v) is 7.67. The van der Waals surface area contributed by atoms with E-state index in [1.54, 1.807) is 35.2 Å². The molecule has 5 rings (SSSR count). The maximum atomic E-state index is 13.2.